The molecule has 2 heterocycles. The van der Waals surface area contributed by atoms with Crippen molar-refractivity contribution in [3.63, 3.8) is 0 Å². The minimum atomic E-state index is -0.336. The van der Waals surface area contributed by atoms with E-state index in [9.17, 15) is 9.59 Å². The number of methoxy groups -OCH3 is 1. The highest BCUT2D eigenvalue weighted by Crippen LogP contribution is 2.26. The van der Waals surface area contributed by atoms with E-state index < -0.39 is 0 Å². The van der Waals surface area contributed by atoms with Gasteiger partial charge in [-0.1, -0.05) is 5.16 Å². The summed E-state index contributed by atoms with van der Waals surface area (Å²) in [5.41, 5.74) is 2.22. The molecule has 8 nitrogen and oxygen atoms in total. The van der Waals surface area contributed by atoms with E-state index in [-0.39, 0.29) is 30.2 Å². The summed E-state index contributed by atoms with van der Waals surface area (Å²) in [5.74, 6) is 1.16. The SMILES string of the molecule is COc1ccc(-c2noc(-c3ccc(NC(=O)C4CC(=O)N(C(C)C)C4)cc3)n2)cc1. The van der Waals surface area contributed by atoms with Crippen LogP contribution in [-0.4, -0.2) is 46.6 Å². The van der Waals surface area contributed by atoms with Crippen molar-refractivity contribution >= 4 is 17.5 Å². The third-order valence-electron chi connectivity index (χ3n) is 5.33. The lowest BCUT2D eigenvalue weighted by Gasteiger charge is -2.20. The lowest BCUT2D eigenvalue weighted by Crippen LogP contribution is -2.33. The monoisotopic (exact) mass is 420 g/mol. The molecule has 0 saturated carbocycles. The van der Waals surface area contributed by atoms with Crippen LogP contribution in [0.5, 0.6) is 5.75 Å². The second-order valence-corrected chi connectivity index (χ2v) is 7.76. The second kappa shape index (κ2) is 8.59. The Morgan fingerprint density at radius 1 is 1.13 bits per heavy atom. The van der Waals surface area contributed by atoms with Crippen molar-refractivity contribution in [3.05, 3.63) is 48.5 Å². The molecular formula is C23H24N4O4. The number of rotatable bonds is 6. The largest absolute Gasteiger partial charge is 0.497 e. The number of nitrogens with one attached hydrogen (secondary N) is 1. The third-order valence-corrected chi connectivity index (χ3v) is 5.33. The molecule has 1 N–H and O–H groups in total. The summed E-state index contributed by atoms with van der Waals surface area (Å²) >= 11 is 0. The second-order valence-electron chi connectivity index (χ2n) is 7.76. The average molecular weight is 420 g/mol. The van der Waals surface area contributed by atoms with Gasteiger partial charge in [-0.25, -0.2) is 0 Å². The third kappa shape index (κ3) is 4.42. The molecule has 0 spiro atoms. The van der Waals surface area contributed by atoms with Crippen molar-refractivity contribution < 1.29 is 18.8 Å². The number of carbonyl (C=O) groups is 2. The molecule has 0 radical (unpaired) electrons. The smallest absolute Gasteiger partial charge is 0.258 e. The normalized spacial score (nSPS) is 16.1. The van der Waals surface area contributed by atoms with Crippen molar-refractivity contribution in [2.45, 2.75) is 26.3 Å². The molecule has 1 aliphatic rings. The van der Waals surface area contributed by atoms with Gasteiger partial charge in [-0.3, -0.25) is 9.59 Å². The molecule has 1 fully saturated rings. The van der Waals surface area contributed by atoms with Gasteiger partial charge >= 0.3 is 0 Å². The predicted octanol–water partition coefficient (Wildman–Crippen LogP) is 3.61. The molecule has 4 rings (SSSR count). The standard InChI is InChI=1S/C23H24N4O4/c1-14(2)27-13-17(12-20(27)28)22(29)24-18-8-4-16(5-9-18)23-25-21(26-31-23)15-6-10-19(30-3)11-7-15/h4-11,14,17H,12-13H2,1-3H3,(H,24,29). The van der Waals surface area contributed by atoms with Crippen molar-refractivity contribution in [3.8, 4) is 28.6 Å². The highest BCUT2D eigenvalue weighted by molar-refractivity contribution is 5.97. The number of benzene rings is 2. The molecule has 1 aliphatic heterocycles. The number of hydrogen-bond acceptors (Lipinski definition) is 6. The highest BCUT2D eigenvalue weighted by atomic mass is 16.5. The zero-order valence-electron chi connectivity index (χ0n) is 17.7. The van der Waals surface area contributed by atoms with E-state index >= 15 is 0 Å². The number of carbonyl (C=O) groups excluding carboxylic acids is 2. The van der Waals surface area contributed by atoms with Crippen molar-refractivity contribution in [1.82, 2.24) is 15.0 Å². The Kier molecular flexibility index (Phi) is 5.70. The Bertz CT molecular complexity index is 1070. The maximum atomic E-state index is 12.5. The van der Waals surface area contributed by atoms with Crippen molar-refractivity contribution in [1.29, 1.82) is 0 Å². The van der Waals surface area contributed by atoms with Crippen LogP contribution in [0.3, 0.4) is 0 Å². The lowest BCUT2D eigenvalue weighted by atomic mass is 10.1. The molecule has 1 unspecified atom stereocenters. The van der Waals surface area contributed by atoms with Gasteiger partial charge in [0, 0.05) is 35.8 Å². The minimum Gasteiger partial charge on any atom is -0.497 e. The first-order valence-corrected chi connectivity index (χ1v) is 10.1. The Hall–Kier alpha value is -3.68. The number of hydrogen-bond donors (Lipinski definition) is 1. The highest BCUT2D eigenvalue weighted by Gasteiger charge is 2.35. The molecule has 1 saturated heterocycles. The molecule has 0 bridgehead atoms. The average Bonchev–Trinajstić information content (AvgIpc) is 3.42. The first-order valence-electron chi connectivity index (χ1n) is 10.1. The van der Waals surface area contributed by atoms with Gasteiger partial charge in [0.1, 0.15) is 5.75 Å². The van der Waals surface area contributed by atoms with Crippen LogP contribution >= 0.6 is 0 Å². The maximum Gasteiger partial charge on any atom is 0.258 e. The van der Waals surface area contributed by atoms with Gasteiger partial charge in [0.15, 0.2) is 0 Å². The van der Waals surface area contributed by atoms with Crippen LogP contribution in [0.4, 0.5) is 5.69 Å². The minimum absolute atomic E-state index is 0.0227. The van der Waals surface area contributed by atoms with Crippen LogP contribution in [0.25, 0.3) is 22.8 Å². The fraction of sp³-hybridized carbons (Fsp3) is 0.304. The summed E-state index contributed by atoms with van der Waals surface area (Å²) < 4.78 is 10.5. The number of aromatic nitrogens is 2. The van der Waals surface area contributed by atoms with E-state index in [0.29, 0.717) is 23.9 Å². The molecule has 1 atom stereocenters. The number of anilines is 1. The lowest BCUT2D eigenvalue weighted by molar-refractivity contribution is -0.129. The number of ether oxygens (including phenoxy) is 1. The topological polar surface area (TPSA) is 97.6 Å². The first-order chi connectivity index (χ1) is 14.9. The zero-order chi connectivity index (χ0) is 22.0. The number of amides is 2. The molecule has 2 amide bonds. The van der Waals surface area contributed by atoms with E-state index in [1.165, 1.54) is 0 Å². The van der Waals surface area contributed by atoms with E-state index in [1.54, 1.807) is 36.3 Å². The quantitative estimate of drug-likeness (QED) is 0.654. The summed E-state index contributed by atoms with van der Waals surface area (Å²) in [4.78, 5) is 30.8. The molecular weight excluding hydrogens is 396 g/mol. The van der Waals surface area contributed by atoms with E-state index in [0.717, 1.165) is 16.9 Å². The van der Waals surface area contributed by atoms with Gasteiger partial charge in [-0.05, 0) is 62.4 Å². The van der Waals surface area contributed by atoms with Gasteiger partial charge < -0.3 is 19.5 Å². The Balaban J connectivity index is 1.41. The molecule has 2 aromatic carbocycles. The van der Waals surface area contributed by atoms with Crippen LogP contribution < -0.4 is 10.1 Å². The zero-order valence-corrected chi connectivity index (χ0v) is 17.7. The number of likely N-dealkylation sites (tertiary alicyclic amines) is 1. The molecule has 160 valence electrons. The van der Waals surface area contributed by atoms with Crippen LogP contribution in [0.15, 0.2) is 53.1 Å². The summed E-state index contributed by atoms with van der Waals surface area (Å²) in [6, 6.07) is 14.7. The fourth-order valence-corrected chi connectivity index (χ4v) is 3.54. The fourth-order valence-electron chi connectivity index (χ4n) is 3.54. The Morgan fingerprint density at radius 2 is 1.81 bits per heavy atom. The van der Waals surface area contributed by atoms with Crippen molar-refractivity contribution in [2.75, 3.05) is 19.0 Å². The molecule has 3 aromatic rings. The first kappa shape index (κ1) is 20.6. The van der Waals surface area contributed by atoms with Crippen molar-refractivity contribution in [2.24, 2.45) is 5.92 Å². The predicted molar refractivity (Wildman–Crippen MR) is 115 cm³/mol. The number of nitrogens with zero attached hydrogens (tertiary/aromatic N) is 3. The van der Waals surface area contributed by atoms with Gasteiger partial charge in [0.2, 0.25) is 17.6 Å². The van der Waals surface area contributed by atoms with E-state index in [2.05, 4.69) is 15.5 Å². The maximum absolute atomic E-state index is 12.5. The van der Waals surface area contributed by atoms with Crippen LogP contribution in [-0.2, 0) is 9.59 Å². The molecule has 8 heteroatoms. The summed E-state index contributed by atoms with van der Waals surface area (Å²) in [7, 11) is 1.61. The molecule has 1 aromatic heterocycles. The van der Waals surface area contributed by atoms with Crippen LogP contribution in [0.2, 0.25) is 0 Å². The van der Waals surface area contributed by atoms with Gasteiger partial charge in [0.25, 0.3) is 5.89 Å². The molecule has 31 heavy (non-hydrogen) atoms. The van der Waals surface area contributed by atoms with Gasteiger partial charge in [0.05, 0.1) is 13.0 Å². The van der Waals surface area contributed by atoms with Gasteiger partial charge in [-0.2, -0.15) is 4.98 Å². The van der Waals surface area contributed by atoms with E-state index in [1.807, 2.05) is 38.1 Å². The molecule has 0 aliphatic carbocycles. The Morgan fingerprint density at radius 3 is 2.42 bits per heavy atom. The van der Waals surface area contributed by atoms with Gasteiger partial charge in [-0.15, -0.1) is 0 Å². The van der Waals surface area contributed by atoms with E-state index in [4.69, 9.17) is 9.26 Å². The van der Waals surface area contributed by atoms with Crippen LogP contribution in [0, 0.1) is 5.92 Å². The van der Waals surface area contributed by atoms with Crippen LogP contribution in [0.1, 0.15) is 20.3 Å². The summed E-state index contributed by atoms with van der Waals surface area (Å²) in [6.07, 6.45) is 0.248. The Labute approximate surface area is 180 Å². The summed E-state index contributed by atoms with van der Waals surface area (Å²) in [5, 5.41) is 6.92. The summed E-state index contributed by atoms with van der Waals surface area (Å²) in [6.45, 7) is 4.36.